The van der Waals surface area contributed by atoms with Crippen molar-refractivity contribution in [2.75, 3.05) is 35.7 Å². The Morgan fingerprint density at radius 3 is 2.78 bits per heavy atom. The zero-order valence-corrected chi connectivity index (χ0v) is 19.8. The van der Waals surface area contributed by atoms with Crippen LogP contribution in [0.5, 0.6) is 0 Å². The number of halogens is 1. The molecule has 3 aliphatic rings. The number of hydrogen-bond donors (Lipinski definition) is 2. The molecule has 1 atom stereocenters. The van der Waals surface area contributed by atoms with Crippen molar-refractivity contribution in [2.45, 2.75) is 54.9 Å². The lowest BCUT2D eigenvalue weighted by molar-refractivity contribution is 0.143. The molecule has 1 saturated carbocycles. The Hall–Kier alpha value is -1.82. The molecule has 12 heteroatoms. The number of aliphatic hydroxyl groups is 1. The van der Waals surface area contributed by atoms with E-state index < -0.39 is 10.8 Å². The third kappa shape index (κ3) is 3.49. The second-order valence-electron chi connectivity index (χ2n) is 8.86. The summed E-state index contributed by atoms with van der Waals surface area (Å²) in [5, 5.41) is 18.0. The van der Waals surface area contributed by atoms with Crippen LogP contribution in [0, 0.1) is 0 Å². The Kier molecular flexibility index (Phi) is 5.12. The van der Waals surface area contributed by atoms with Crippen molar-refractivity contribution < 1.29 is 9.32 Å². The molecule has 2 aliphatic heterocycles. The molecule has 0 spiro atoms. The van der Waals surface area contributed by atoms with Gasteiger partial charge in [0.15, 0.2) is 5.82 Å². The Morgan fingerprint density at radius 2 is 2.09 bits per heavy atom. The molecule has 3 aromatic rings. The highest BCUT2D eigenvalue weighted by molar-refractivity contribution is 7.85. The van der Waals surface area contributed by atoms with Gasteiger partial charge in [-0.3, -0.25) is 4.21 Å². The van der Waals surface area contributed by atoms with Gasteiger partial charge in [-0.25, -0.2) is 14.5 Å². The summed E-state index contributed by atoms with van der Waals surface area (Å²) in [6.07, 6.45) is 7.21. The van der Waals surface area contributed by atoms with Crippen LogP contribution in [0.4, 0.5) is 11.8 Å². The lowest BCUT2D eigenvalue weighted by atomic mass is 9.77. The number of fused-ring (bicyclic) bond motifs is 2. The number of nitrogens with one attached hydrogen (secondary N) is 1. The Labute approximate surface area is 196 Å². The van der Waals surface area contributed by atoms with E-state index >= 15 is 0 Å². The molecule has 170 valence electrons. The van der Waals surface area contributed by atoms with Crippen LogP contribution in [0.2, 0.25) is 4.34 Å². The normalized spacial score (nSPS) is 22.8. The summed E-state index contributed by atoms with van der Waals surface area (Å²) in [6, 6.07) is 0. The fraction of sp³-hybridized carbons (Fsp3) is 0.600. The Morgan fingerprint density at radius 1 is 1.28 bits per heavy atom. The minimum Gasteiger partial charge on any atom is -0.394 e. The van der Waals surface area contributed by atoms with Crippen molar-refractivity contribution in [3.63, 3.8) is 0 Å². The average Bonchev–Trinajstić information content (AvgIpc) is 3.43. The van der Waals surface area contributed by atoms with Crippen LogP contribution < -0.4 is 10.2 Å². The molecule has 3 aromatic heterocycles. The van der Waals surface area contributed by atoms with Crippen LogP contribution in [-0.2, 0) is 17.2 Å². The average molecular weight is 494 g/mol. The molecule has 0 radical (unpaired) electrons. The van der Waals surface area contributed by atoms with E-state index in [4.69, 9.17) is 21.6 Å². The first-order valence-electron chi connectivity index (χ1n) is 11.0. The van der Waals surface area contributed by atoms with Crippen molar-refractivity contribution in [3.05, 3.63) is 22.1 Å². The number of anilines is 2. The van der Waals surface area contributed by atoms with Crippen molar-refractivity contribution in [1.82, 2.24) is 24.6 Å². The molecule has 0 amide bonds. The van der Waals surface area contributed by atoms with Crippen molar-refractivity contribution in [1.29, 1.82) is 0 Å². The number of thiazole rings is 1. The van der Waals surface area contributed by atoms with Gasteiger partial charge < -0.3 is 15.3 Å². The standard InChI is InChI=1S/C20H24ClN7O2S2/c21-14-10-28-19(31-14)24-16(26-28)12-2-7-27(8-3-12)18-22-13-4-9-32(30)15(13)17(23-18)25-20(11-29)5-1-6-20/h10,12,29H,1-9,11H2,(H,22,23,25)/t32-/m1/s1. The lowest BCUT2D eigenvalue weighted by Gasteiger charge is -2.42. The molecule has 0 unspecified atom stereocenters. The zero-order valence-electron chi connectivity index (χ0n) is 17.5. The number of aromatic nitrogens is 5. The minimum absolute atomic E-state index is 0.0550. The smallest absolute Gasteiger partial charge is 0.227 e. The molecule has 2 N–H and O–H groups in total. The Balaban J connectivity index is 1.23. The SMILES string of the molecule is O=[S@@]1CCc2nc(N3CCC(c4nc5sc(Cl)cn5n4)CC3)nc(NC3(CO)CCC3)c21. The van der Waals surface area contributed by atoms with Gasteiger partial charge in [0.1, 0.15) is 15.0 Å². The number of rotatable bonds is 5. The molecular formula is C20H24ClN7O2S2. The van der Waals surface area contributed by atoms with Gasteiger partial charge in [-0.2, -0.15) is 10.1 Å². The van der Waals surface area contributed by atoms with E-state index in [1.807, 2.05) is 0 Å². The van der Waals surface area contributed by atoms with Gasteiger partial charge in [0.2, 0.25) is 10.9 Å². The Bertz CT molecular complexity index is 1160. The van der Waals surface area contributed by atoms with Crippen LogP contribution in [0.3, 0.4) is 0 Å². The summed E-state index contributed by atoms with van der Waals surface area (Å²) < 4.78 is 15.1. The first-order valence-corrected chi connectivity index (χ1v) is 13.5. The van der Waals surface area contributed by atoms with Gasteiger partial charge in [0, 0.05) is 31.2 Å². The van der Waals surface area contributed by atoms with Crippen LogP contribution in [0.25, 0.3) is 4.96 Å². The highest BCUT2D eigenvalue weighted by atomic mass is 35.5. The first-order chi connectivity index (χ1) is 15.5. The second kappa shape index (κ2) is 7.89. The molecule has 2 fully saturated rings. The lowest BCUT2D eigenvalue weighted by Crippen LogP contribution is -2.48. The van der Waals surface area contributed by atoms with Crippen molar-refractivity contribution in [3.8, 4) is 0 Å². The largest absolute Gasteiger partial charge is 0.394 e. The summed E-state index contributed by atoms with van der Waals surface area (Å²) >= 11 is 7.47. The number of aryl methyl sites for hydroxylation is 1. The maximum Gasteiger partial charge on any atom is 0.227 e. The van der Waals surface area contributed by atoms with E-state index in [0.717, 1.165) is 66.6 Å². The zero-order chi connectivity index (χ0) is 21.9. The van der Waals surface area contributed by atoms with Gasteiger partial charge in [-0.1, -0.05) is 22.9 Å². The second-order valence-corrected chi connectivity index (χ2v) is 12.0. The van der Waals surface area contributed by atoms with E-state index in [1.165, 1.54) is 11.3 Å². The number of piperidine rings is 1. The fourth-order valence-electron chi connectivity index (χ4n) is 4.79. The predicted molar refractivity (Wildman–Crippen MR) is 124 cm³/mol. The molecule has 1 saturated heterocycles. The molecular weight excluding hydrogens is 470 g/mol. The number of hydrogen-bond acceptors (Lipinski definition) is 9. The van der Waals surface area contributed by atoms with Gasteiger partial charge >= 0.3 is 0 Å². The monoisotopic (exact) mass is 493 g/mol. The topological polar surface area (TPSA) is 109 Å². The van der Waals surface area contributed by atoms with Crippen LogP contribution in [0.15, 0.2) is 11.1 Å². The van der Waals surface area contributed by atoms with Gasteiger partial charge in [-0.05, 0) is 32.1 Å². The summed E-state index contributed by atoms with van der Waals surface area (Å²) in [7, 11) is -1.09. The molecule has 9 nitrogen and oxygen atoms in total. The maximum atomic E-state index is 12.6. The highest BCUT2D eigenvalue weighted by Gasteiger charge is 2.39. The summed E-state index contributed by atoms with van der Waals surface area (Å²) in [5.41, 5.74) is 0.528. The fourth-order valence-corrected chi connectivity index (χ4v) is 7.04. The molecule has 32 heavy (non-hydrogen) atoms. The van der Waals surface area contributed by atoms with E-state index in [-0.39, 0.29) is 12.1 Å². The highest BCUT2D eigenvalue weighted by Crippen LogP contribution is 2.39. The van der Waals surface area contributed by atoms with Gasteiger partial charge in [-0.15, -0.1) is 0 Å². The van der Waals surface area contributed by atoms with Crippen LogP contribution >= 0.6 is 22.9 Å². The molecule has 1 aliphatic carbocycles. The van der Waals surface area contributed by atoms with E-state index in [9.17, 15) is 9.32 Å². The molecule has 5 heterocycles. The van der Waals surface area contributed by atoms with Gasteiger partial charge in [0.25, 0.3) is 0 Å². The van der Waals surface area contributed by atoms with Gasteiger partial charge in [0.05, 0.1) is 34.8 Å². The number of nitrogens with zero attached hydrogens (tertiary/aromatic N) is 6. The predicted octanol–water partition coefficient (Wildman–Crippen LogP) is 2.61. The summed E-state index contributed by atoms with van der Waals surface area (Å²) in [6.45, 7) is 1.68. The quantitative estimate of drug-likeness (QED) is 0.558. The molecule has 0 aromatic carbocycles. The maximum absolute atomic E-state index is 12.6. The van der Waals surface area contributed by atoms with Crippen molar-refractivity contribution in [2.24, 2.45) is 0 Å². The van der Waals surface area contributed by atoms with E-state index in [1.54, 1.807) is 10.7 Å². The third-order valence-electron chi connectivity index (χ3n) is 6.84. The summed E-state index contributed by atoms with van der Waals surface area (Å²) in [5.74, 6) is 3.08. The first kappa shape index (κ1) is 20.8. The summed E-state index contributed by atoms with van der Waals surface area (Å²) in [4.78, 5) is 18.0. The van der Waals surface area contributed by atoms with Crippen LogP contribution in [-0.4, -0.2) is 64.9 Å². The number of aliphatic hydroxyl groups excluding tert-OH is 1. The third-order valence-corrected chi connectivity index (χ3v) is 9.39. The van der Waals surface area contributed by atoms with Crippen LogP contribution in [0.1, 0.15) is 49.5 Å². The van der Waals surface area contributed by atoms with E-state index in [0.29, 0.717) is 34.2 Å². The molecule has 6 rings (SSSR count). The minimum atomic E-state index is -1.09. The van der Waals surface area contributed by atoms with E-state index in [2.05, 4.69) is 20.3 Å². The van der Waals surface area contributed by atoms with Crippen molar-refractivity contribution >= 4 is 50.5 Å². The molecule has 0 bridgehead atoms.